The number of ether oxygens (including phenoxy) is 1. The van der Waals surface area contributed by atoms with Gasteiger partial charge in [-0.25, -0.2) is 0 Å². The highest BCUT2D eigenvalue weighted by Crippen LogP contribution is 2.40. The van der Waals surface area contributed by atoms with E-state index in [2.05, 4.69) is 5.32 Å². The molecule has 1 amide bonds. The van der Waals surface area contributed by atoms with Crippen LogP contribution in [0.4, 0.5) is 11.4 Å². The molecule has 0 radical (unpaired) electrons. The fourth-order valence-electron chi connectivity index (χ4n) is 2.29. The van der Waals surface area contributed by atoms with E-state index < -0.39 is 10.9 Å². The normalized spacial score (nSPS) is 14.5. The Labute approximate surface area is 157 Å². The highest BCUT2D eigenvalue weighted by atomic mass is 35.5. The Morgan fingerprint density at radius 3 is 2.77 bits per heavy atom. The fraction of sp³-hybridized carbons (Fsp3) is 0.0588. The van der Waals surface area contributed by atoms with Crippen molar-refractivity contribution < 1.29 is 19.2 Å². The maximum Gasteiger partial charge on any atom is 0.312 e. The van der Waals surface area contributed by atoms with Gasteiger partial charge < -0.3 is 10.1 Å². The van der Waals surface area contributed by atoms with Crippen LogP contribution in [-0.4, -0.2) is 16.8 Å². The molecule has 0 aromatic heterocycles. The molecular weight excluding hydrogens is 380 g/mol. The second-order valence-corrected chi connectivity index (χ2v) is 6.80. The molecule has 1 aliphatic heterocycles. The second-order valence-electron chi connectivity index (χ2n) is 5.28. The maximum atomic E-state index is 12.3. The van der Waals surface area contributed by atoms with Crippen molar-refractivity contribution in [2.75, 3.05) is 5.32 Å². The molecule has 1 N–H and O–H groups in total. The molecule has 0 spiro atoms. The van der Waals surface area contributed by atoms with Gasteiger partial charge >= 0.3 is 11.7 Å². The number of carbonyl (C=O) groups is 2. The standard InChI is InChI=1S/C17H11ClN2O5S/c1-9(21)25-14-4-2-10(6-13(14)20(23)24)7-16-17(22)19-12-8-11(18)3-5-15(12)26-16/h2-8H,1H3,(H,19,22). The number of hydrogen-bond acceptors (Lipinski definition) is 6. The molecule has 3 rings (SSSR count). The number of esters is 1. The van der Waals surface area contributed by atoms with Gasteiger partial charge in [0, 0.05) is 22.9 Å². The number of nitro groups is 1. The largest absolute Gasteiger partial charge is 0.419 e. The minimum atomic E-state index is -0.656. The van der Waals surface area contributed by atoms with Gasteiger partial charge in [-0.05, 0) is 35.9 Å². The lowest BCUT2D eigenvalue weighted by Crippen LogP contribution is -2.17. The zero-order valence-corrected chi connectivity index (χ0v) is 14.9. The van der Waals surface area contributed by atoms with E-state index in [-0.39, 0.29) is 17.3 Å². The van der Waals surface area contributed by atoms with Crippen LogP contribution in [0.5, 0.6) is 5.75 Å². The Morgan fingerprint density at radius 2 is 2.08 bits per heavy atom. The number of rotatable bonds is 3. The SMILES string of the molecule is CC(=O)Oc1ccc(C=C2Sc3ccc(Cl)cc3NC2=O)cc1[N+](=O)[O-]. The van der Waals surface area contributed by atoms with Gasteiger partial charge in [-0.3, -0.25) is 19.7 Å². The number of fused-ring (bicyclic) bond motifs is 1. The summed E-state index contributed by atoms with van der Waals surface area (Å²) in [5, 5.41) is 14.4. The molecular formula is C17H11ClN2O5S. The van der Waals surface area contributed by atoms with E-state index in [4.69, 9.17) is 16.3 Å². The van der Waals surface area contributed by atoms with E-state index >= 15 is 0 Å². The van der Waals surface area contributed by atoms with E-state index in [0.29, 0.717) is 21.2 Å². The van der Waals surface area contributed by atoms with Crippen molar-refractivity contribution in [1.82, 2.24) is 0 Å². The molecule has 132 valence electrons. The number of benzene rings is 2. The Morgan fingerprint density at radius 1 is 1.31 bits per heavy atom. The summed E-state index contributed by atoms with van der Waals surface area (Å²) in [7, 11) is 0. The lowest BCUT2D eigenvalue weighted by molar-refractivity contribution is -0.385. The average molecular weight is 391 g/mol. The highest BCUT2D eigenvalue weighted by Gasteiger charge is 2.22. The zero-order chi connectivity index (χ0) is 18.8. The summed E-state index contributed by atoms with van der Waals surface area (Å²) in [5.74, 6) is -1.14. The predicted octanol–water partition coefficient (Wildman–Crippen LogP) is 4.26. The van der Waals surface area contributed by atoms with Crippen LogP contribution in [-0.2, 0) is 9.59 Å². The first-order valence-corrected chi connectivity index (χ1v) is 8.50. The quantitative estimate of drug-likeness (QED) is 0.276. The van der Waals surface area contributed by atoms with Gasteiger partial charge in [0.2, 0.25) is 5.75 Å². The van der Waals surface area contributed by atoms with Crippen molar-refractivity contribution in [1.29, 1.82) is 0 Å². The van der Waals surface area contributed by atoms with Crippen LogP contribution in [0.3, 0.4) is 0 Å². The molecule has 1 aliphatic rings. The molecule has 0 saturated heterocycles. The number of hydrogen-bond donors (Lipinski definition) is 1. The van der Waals surface area contributed by atoms with Crippen LogP contribution in [0.15, 0.2) is 46.2 Å². The van der Waals surface area contributed by atoms with Crippen molar-refractivity contribution >= 4 is 52.7 Å². The third kappa shape index (κ3) is 3.87. The molecule has 26 heavy (non-hydrogen) atoms. The Bertz CT molecular complexity index is 974. The van der Waals surface area contributed by atoms with Crippen molar-refractivity contribution in [2.45, 2.75) is 11.8 Å². The molecule has 0 aliphatic carbocycles. The van der Waals surface area contributed by atoms with Crippen molar-refractivity contribution in [3.63, 3.8) is 0 Å². The first-order valence-electron chi connectivity index (χ1n) is 7.31. The molecule has 1 heterocycles. The number of amides is 1. The highest BCUT2D eigenvalue weighted by molar-refractivity contribution is 8.04. The zero-order valence-electron chi connectivity index (χ0n) is 13.3. The smallest absolute Gasteiger partial charge is 0.312 e. The molecule has 0 bridgehead atoms. The van der Waals surface area contributed by atoms with E-state index in [1.807, 2.05) is 0 Å². The van der Waals surface area contributed by atoms with Gasteiger partial charge in [0.1, 0.15) is 0 Å². The van der Waals surface area contributed by atoms with E-state index in [1.54, 1.807) is 18.2 Å². The second kappa shape index (κ2) is 7.19. The van der Waals surface area contributed by atoms with E-state index in [9.17, 15) is 19.7 Å². The van der Waals surface area contributed by atoms with Gasteiger partial charge in [0.05, 0.1) is 15.5 Å². The van der Waals surface area contributed by atoms with Crippen LogP contribution in [0.2, 0.25) is 5.02 Å². The minimum Gasteiger partial charge on any atom is -0.419 e. The van der Waals surface area contributed by atoms with Crippen molar-refractivity contribution in [3.05, 3.63) is 62.0 Å². The molecule has 7 nitrogen and oxygen atoms in total. The predicted molar refractivity (Wildman–Crippen MR) is 98.3 cm³/mol. The van der Waals surface area contributed by atoms with E-state index in [1.165, 1.54) is 36.0 Å². The third-order valence-corrected chi connectivity index (χ3v) is 4.70. The van der Waals surface area contributed by atoms with Crippen molar-refractivity contribution in [2.24, 2.45) is 0 Å². The molecule has 0 saturated carbocycles. The average Bonchev–Trinajstić information content (AvgIpc) is 2.56. The summed E-state index contributed by atoms with van der Waals surface area (Å²) >= 11 is 7.15. The first-order chi connectivity index (χ1) is 12.3. The summed E-state index contributed by atoms with van der Waals surface area (Å²) < 4.78 is 4.83. The van der Waals surface area contributed by atoms with Crippen LogP contribution in [0, 0.1) is 10.1 Å². The number of anilines is 1. The topological polar surface area (TPSA) is 98.5 Å². The van der Waals surface area contributed by atoms with Crippen LogP contribution >= 0.6 is 23.4 Å². The van der Waals surface area contributed by atoms with Gasteiger partial charge in [0.25, 0.3) is 5.91 Å². The summed E-state index contributed by atoms with van der Waals surface area (Å²) in [6.07, 6.45) is 1.53. The number of nitrogens with zero attached hydrogens (tertiary/aromatic N) is 1. The number of thioether (sulfide) groups is 1. The number of carbonyl (C=O) groups excluding carboxylic acids is 2. The Kier molecular flexibility index (Phi) is 4.97. The monoisotopic (exact) mass is 390 g/mol. The van der Waals surface area contributed by atoms with Crippen LogP contribution in [0.25, 0.3) is 6.08 Å². The fourth-order valence-corrected chi connectivity index (χ4v) is 3.40. The third-order valence-electron chi connectivity index (χ3n) is 3.36. The van der Waals surface area contributed by atoms with Gasteiger partial charge in [-0.2, -0.15) is 0 Å². The minimum absolute atomic E-state index is 0.148. The van der Waals surface area contributed by atoms with Gasteiger partial charge in [-0.15, -0.1) is 0 Å². The number of nitro benzene ring substituents is 1. The van der Waals surface area contributed by atoms with E-state index in [0.717, 1.165) is 11.8 Å². The maximum absolute atomic E-state index is 12.3. The van der Waals surface area contributed by atoms with Gasteiger partial charge in [-0.1, -0.05) is 29.4 Å². The Hall–Kier alpha value is -2.84. The van der Waals surface area contributed by atoms with Crippen molar-refractivity contribution in [3.8, 4) is 5.75 Å². The molecule has 2 aromatic rings. The molecule has 2 aromatic carbocycles. The number of halogens is 1. The summed E-state index contributed by atoms with van der Waals surface area (Å²) in [6.45, 7) is 1.16. The lowest BCUT2D eigenvalue weighted by Gasteiger charge is -2.18. The Balaban J connectivity index is 1.95. The summed E-state index contributed by atoms with van der Waals surface area (Å²) in [5.41, 5.74) is 0.687. The lowest BCUT2D eigenvalue weighted by atomic mass is 10.1. The molecule has 0 unspecified atom stereocenters. The first kappa shape index (κ1) is 18.0. The number of nitrogens with one attached hydrogen (secondary N) is 1. The van der Waals surface area contributed by atoms with Gasteiger partial charge in [0.15, 0.2) is 0 Å². The molecule has 9 heteroatoms. The summed E-state index contributed by atoms with van der Waals surface area (Å²) in [4.78, 5) is 35.0. The van der Waals surface area contributed by atoms with Crippen LogP contribution < -0.4 is 10.1 Å². The molecule has 0 fully saturated rings. The van der Waals surface area contributed by atoms with Crippen LogP contribution in [0.1, 0.15) is 12.5 Å². The summed E-state index contributed by atoms with van der Waals surface area (Å²) in [6, 6.07) is 9.24. The molecule has 0 atom stereocenters.